The van der Waals surface area contributed by atoms with Gasteiger partial charge in [-0.3, -0.25) is 4.55 Å². The molecule has 1 aromatic rings. The molecule has 0 amide bonds. The molecule has 0 aliphatic heterocycles. The van der Waals surface area contributed by atoms with Gasteiger partial charge in [-0.25, -0.2) is 0 Å². The molecule has 0 aromatic heterocycles. The molecule has 6 heteroatoms. The van der Waals surface area contributed by atoms with Gasteiger partial charge in [-0.05, 0) is 0 Å². The largest absolute Gasteiger partial charge is 0.286 e. The quantitative estimate of drug-likeness (QED) is 0.572. The Kier molecular flexibility index (Phi) is 27.4. The van der Waals surface area contributed by atoms with Crippen molar-refractivity contribution in [1.82, 2.24) is 0 Å². The zero-order valence-electron chi connectivity index (χ0n) is 8.92. The van der Waals surface area contributed by atoms with Crippen LogP contribution in [0.15, 0.2) is 36.4 Å². The standard InChI is InChI=1S/C6H6.C2H6.CH4O3S.Rh.V/c1-2-4-6-5-3-1;1-2;1-5(2,3)4;;/h1-6H;1-2H3;1H3,(H,2,3,4);;. The van der Waals surface area contributed by atoms with E-state index in [2.05, 4.69) is 0 Å². The first kappa shape index (κ1) is 24.5. The zero-order valence-corrected chi connectivity index (χ0v) is 12.8. The van der Waals surface area contributed by atoms with E-state index in [1.54, 1.807) is 0 Å². The van der Waals surface area contributed by atoms with Gasteiger partial charge in [0, 0.05) is 38.0 Å². The molecule has 0 bridgehead atoms. The van der Waals surface area contributed by atoms with Gasteiger partial charge in [-0.2, -0.15) is 8.42 Å². The summed E-state index contributed by atoms with van der Waals surface area (Å²) in [6.45, 7) is 4.00. The van der Waals surface area contributed by atoms with Crippen LogP contribution < -0.4 is 0 Å². The molecule has 15 heavy (non-hydrogen) atoms. The Morgan fingerprint density at radius 2 is 0.933 bits per heavy atom. The number of rotatable bonds is 0. The van der Waals surface area contributed by atoms with Gasteiger partial charge in [0.1, 0.15) is 0 Å². The second-order valence-corrected chi connectivity index (χ2v) is 3.35. The van der Waals surface area contributed by atoms with Gasteiger partial charge in [0.15, 0.2) is 0 Å². The third kappa shape index (κ3) is 54.3. The Morgan fingerprint density at radius 3 is 1.00 bits per heavy atom. The van der Waals surface area contributed by atoms with Crippen LogP contribution >= 0.6 is 0 Å². The van der Waals surface area contributed by atoms with Crippen LogP contribution in [0.4, 0.5) is 0 Å². The molecule has 0 atom stereocenters. The normalized spacial score (nSPS) is 7.47. The smallest absolute Gasteiger partial charge is 0.261 e. The van der Waals surface area contributed by atoms with E-state index in [0.717, 1.165) is 0 Å². The summed E-state index contributed by atoms with van der Waals surface area (Å²) < 4.78 is 25.9. The van der Waals surface area contributed by atoms with E-state index >= 15 is 0 Å². The minimum Gasteiger partial charge on any atom is -0.286 e. The fourth-order valence-corrected chi connectivity index (χ4v) is 0.385. The average molecular weight is 358 g/mol. The van der Waals surface area contributed by atoms with E-state index in [1.165, 1.54) is 0 Å². The Balaban J connectivity index is -0.0000000629. The molecule has 1 N–H and O–H groups in total. The van der Waals surface area contributed by atoms with Crippen molar-refractivity contribution < 1.29 is 51.0 Å². The molecule has 0 saturated carbocycles. The van der Waals surface area contributed by atoms with Crippen LogP contribution in [-0.4, -0.2) is 19.2 Å². The summed E-state index contributed by atoms with van der Waals surface area (Å²) in [7, 11) is -3.67. The van der Waals surface area contributed by atoms with E-state index in [0.29, 0.717) is 6.26 Å². The third-order valence-corrected chi connectivity index (χ3v) is 0.667. The summed E-state index contributed by atoms with van der Waals surface area (Å²) in [5, 5.41) is 0. The fourth-order valence-electron chi connectivity index (χ4n) is 0.385. The van der Waals surface area contributed by atoms with Gasteiger partial charge in [0.05, 0.1) is 6.26 Å². The van der Waals surface area contributed by atoms with Gasteiger partial charge >= 0.3 is 0 Å². The van der Waals surface area contributed by atoms with E-state index in [9.17, 15) is 8.42 Å². The topological polar surface area (TPSA) is 54.4 Å². The molecule has 0 heterocycles. The molecule has 2 radical (unpaired) electrons. The van der Waals surface area contributed by atoms with Crippen molar-refractivity contribution in [3.63, 3.8) is 0 Å². The van der Waals surface area contributed by atoms with Gasteiger partial charge in [-0.15, -0.1) is 0 Å². The van der Waals surface area contributed by atoms with Crippen LogP contribution in [0.2, 0.25) is 0 Å². The minimum atomic E-state index is -3.67. The second-order valence-electron chi connectivity index (χ2n) is 1.89. The van der Waals surface area contributed by atoms with Gasteiger partial charge in [-0.1, -0.05) is 50.2 Å². The fraction of sp³-hybridized carbons (Fsp3) is 0.333. The summed E-state index contributed by atoms with van der Waals surface area (Å²) in [5.74, 6) is 0. The van der Waals surface area contributed by atoms with Crippen molar-refractivity contribution in [2.24, 2.45) is 0 Å². The molecular weight excluding hydrogens is 342 g/mol. The molecule has 0 aliphatic rings. The molecule has 90 valence electrons. The van der Waals surface area contributed by atoms with Gasteiger partial charge in [0.2, 0.25) is 0 Å². The molecule has 0 fully saturated rings. The van der Waals surface area contributed by atoms with Crippen LogP contribution in [-0.2, 0) is 48.2 Å². The predicted octanol–water partition coefficient (Wildman–Crippen LogP) is 2.21. The first-order valence-electron chi connectivity index (χ1n) is 3.92. The summed E-state index contributed by atoms with van der Waals surface area (Å²) in [6, 6.07) is 12.0. The Labute approximate surface area is 117 Å². The minimum absolute atomic E-state index is 0. The summed E-state index contributed by atoms with van der Waals surface area (Å²) >= 11 is 0. The Bertz CT molecular complexity index is 242. The van der Waals surface area contributed by atoms with E-state index in [1.807, 2.05) is 50.2 Å². The molecule has 1 rings (SSSR count). The maximum absolute atomic E-state index is 9.19. The molecule has 0 spiro atoms. The molecule has 0 saturated heterocycles. The SMILES string of the molecule is CC.CS(=O)(=O)O.[Rh].[V].c1ccccc1. The van der Waals surface area contributed by atoms with Crippen LogP contribution in [0.5, 0.6) is 0 Å². The van der Waals surface area contributed by atoms with Crippen molar-refractivity contribution in [1.29, 1.82) is 0 Å². The second kappa shape index (κ2) is 16.8. The predicted molar refractivity (Wildman–Crippen MR) is 55.3 cm³/mol. The zero-order chi connectivity index (χ0) is 10.7. The average Bonchev–Trinajstić information content (AvgIpc) is 2.08. The maximum atomic E-state index is 9.19. The summed E-state index contributed by atoms with van der Waals surface area (Å²) in [5.41, 5.74) is 0. The monoisotopic (exact) mass is 358 g/mol. The van der Waals surface area contributed by atoms with Crippen LogP contribution in [0, 0.1) is 0 Å². The number of hydrogen-bond donors (Lipinski definition) is 1. The van der Waals surface area contributed by atoms with Crippen LogP contribution in [0.25, 0.3) is 0 Å². The van der Waals surface area contributed by atoms with Crippen molar-refractivity contribution >= 4 is 10.1 Å². The van der Waals surface area contributed by atoms with Crippen molar-refractivity contribution in [3.8, 4) is 0 Å². The number of hydrogen-bond acceptors (Lipinski definition) is 2. The molecule has 0 unspecified atom stereocenters. The molecule has 3 nitrogen and oxygen atoms in total. The summed E-state index contributed by atoms with van der Waals surface area (Å²) in [6.07, 6.45) is 0.715. The van der Waals surface area contributed by atoms with Crippen molar-refractivity contribution in [3.05, 3.63) is 36.4 Å². The van der Waals surface area contributed by atoms with E-state index in [4.69, 9.17) is 4.55 Å². The summed E-state index contributed by atoms with van der Waals surface area (Å²) in [4.78, 5) is 0. The number of benzene rings is 1. The molecule has 0 aliphatic carbocycles. The van der Waals surface area contributed by atoms with Crippen LogP contribution in [0.1, 0.15) is 13.8 Å². The third-order valence-electron chi connectivity index (χ3n) is 0.667. The van der Waals surface area contributed by atoms with Crippen LogP contribution in [0.3, 0.4) is 0 Å². The Morgan fingerprint density at radius 1 is 0.867 bits per heavy atom. The molecule has 1 aromatic carbocycles. The van der Waals surface area contributed by atoms with Gasteiger partial charge in [0.25, 0.3) is 10.1 Å². The first-order valence-corrected chi connectivity index (χ1v) is 5.77. The Hall–Kier alpha value is 0.338. The van der Waals surface area contributed by atoms with E-state index < -0.39 is 10.1 Å². The van der Waals surface area contributed by atoms with Gasteiger partial charge < -0.3 is 0 Å². The first-order chi connectivity index (χ1) is 6.00. The molecular formula is C9H16O3RhSV. The van der Waals surface area contributed by atoms with E-state index in [-0.39, 0.29) is 38.0 Å². The van der Waals surface area contributed by atoms with Crippen molar-refractivity contribution in [2.45, 2.75) is 13.8 Å². The maximum Gasteiger partial charge on any atom is 0.261 e. The van der Waals surface area contributed by atoms with Crippen molar-refractivity contribution in [2.75, 3.05) is 6.26 Å².